The van der Waals surface area contributed by atoms with E-state index in [-0.39, 0.29) is 0 Å². The van der Waals surface area contributed by atoms with E-state index in [1.54, 1.807) is 0 Å². The second kappa shape index (κ2) is 5.82. The molecule has 0 radical (unpaired) electrons. The van der Waals surface area contributed by atoms with Gasteiger partial charge < -0.3 is 15.5 Å². The molecule has 1 aliphatic rings. The van der Waals surface area contributed by atoms with Crippen molar-refractivity contribution in [2.45, 2.75) is 6.92 Å². The van der Waals surface area contributed by atoms with Crippen LogP contribution in [0.4, 0.5) is 17.2 Å². The number of hydrogen-bond donors (Lipinski definition) is 1. The number of nitrogens with two attached hydrogens (primary N) is 1. The molecule has 1 fully saturated rings. The second-order valence-corrected chi connectivity index (χ2v) is 5.70. The minimum absolute atomic E-state index is 0.742. The molecule has 1 aromatic carbocycles. The fourth-order valence-corrected chi connectivity index (χ4v) is 2.93. The van der Waals surface area contributed by atoms with Crippen molar-refractivity contribution in [1.29, 1.82) is 0 Å². The summed E-state index contributed by atoms with van der Waals surface area (Å²) in [7, 11) is 0. The number of nitrogens with zero attached hydrogens (tertiary/aromatic N) is 3. The summed E-state index contributed by atoms with van der Waals surface area (Å²) < 4.78 is 0. The van der Waals surface area contributed by atoms with E-state index in [1.807, 2.05) is 37.3 Å². The van der Waals surface area contributed by atoms with Crippen LogP contribution in [0.25, 0.3) is 0 Å². The van der Waals surface area contributed by atoms with Gasteiger partial charge in [0.1, 0.15) is 0 Å². The maximum Gasteiger partial charge on any atom is 0.152 e. The highest BCUT2D eigenvalue weighted by Gasteiger charge is 2.21. The summed E-state index contributed by atoms with van der Waals surface area (Å²) in [5.41, 5.74) is 8.89. The summed E-state index contributed by atoms with van der Waals surface area (Å²) in [6.45, 7) is 5.61. The Morgan fingerprint density at radius 2 is 1.67 bits per heavy atom. The number of piperazine rings is 1. The van der Waals surface area contributed by atoms with Crippen LogP contribution >= 0.6 is 11.6 Å². The van der Waals surface area contributed by atoms with Crippen LogP contribution in [0.5, 0.6) is 0 Å². The lowest BCUT2D eigenvalue weighted by atomic mass is 10.2. The Morgan fingerprint density at radius 1 is 1.00 bits per heavy atom. The minimum Gasteiger partial charge on any atom is -0.396 e. The highest BCUT2D eigenvalue weighted by molar-refractivity contribution is 6.33. The van der Waals surface area contributed by atoms with Crippen LogP contribution in [0.1, 0.15) is 5.69 Å². The van der Waals surface area contributed by atoms with Gasteiger partial charge in [-0.3, -0.25) is 0 Å². The number of aryl methyl sites for hydroxylation is 1. The van der Waals surface area contributed by atoms with E-state index in [9.17, 15) is 0 Å². The third kappa shape index (κ3) is 2.90. The van der Waals surface area contributed by atoms with Crippen LogP contribution in [0.15, 0.2) is 36.4 Å². The highest BCUT2D eigenvalue weighted by atomic mass is 35.5. The quantitative estimate of drug-likeness (QED) is 0.926. The van der Waals surface area contributed by atoms with Crippen LogP contribution in [0.2, 0.25) is 5.02 Å². The van der Waals surface area contributed by atoms with Gasteiger partial charge in [0.15, 0.2) is 5.82 Å². The standard InChI is InChI=1S/C16H19ClN4/c1-12-6-7-14(18)16(19-12)21-10-8-20(9-11-21)15-5-3-2-4-13(15)17/h2-7H,8-11,18H2,1H3. The van der Waals surface area contributed by atoms with E-state index in [4.69, 9.17) is 17.3 Å². The predicted molar refractivity (Wildman–Crippen MR) is 89.3 cm³/mol. The van der Waals surface area contributed by atoms with Crippen molar-refractivity contribution in [1.82, 2.24) is 4.98 Å². The summed E-state index contributed by atoms with van der Waals surface area (Å²) >= 11 is 6.27. The van der Waals surface area contributed by atoms with E-state index in [2.05, 4.69) is 20.9 Å². The fourth-order valence-electron chi connectivity index (χ4n) is 2.67. The lowest BCUT2D eigenvalue weighted by molar-refractivity contribution is 0.647. The SMILES string of the molecule is Cc1ccc(N)c(N2CCN(c3ccccc3Cl)CC2)n1. The van der Waals surface area contributed by atoms with Gasteiger partial charge in [-0.05, 0) is 31.2 Å². The molecule has 21 heavy (non-hydrogen) atoms. The van der Waals surface area contributed by atoms with Crippen LogP contribution in [-0.2, 0) is 0 Å². The average molecular weight is 303 g/mol. The normalized spacial score (nSPS) is 15.3. The van der Waals surface area contributed by atoms with Gasteiger partial charge in [0.05, 0.1) is 16.4 Å². The molecule has 5 heteroatoms. The van der Waals surface area contributed by atoms with Gasteiger partial charge >= 0.3 is 0 Å². The van der Waals surface area contributed by atoms with Gasteiger partial charge in [-0.1, -0.05) is 23.7 Å². The van der Waals surface area contributed by atoms with Crippen molar-refractivity contribution in [3.05, 3.63) is 47.1 Å². The summed E-state index contributed by atoms with van der Waals surface area (Å²) in [6.07, 6.45) is 0. The van der Waals surface area contributed by atoms with E-state index >= 15 is 0 Å². The molecule has 0 amide bonds. The van der Waals surface area contributed by atoms with Crippen molar-refractivity contribution in [2.75, 3.05) is 41.7 Å². The van der Waals surface area contributed by atoms with Gasteiger partial charge in [0.25, 0.3) is 0 Å². The lowest BCUT2D eigenvalue weighted by Crippen LogP contribution is -2.47. The Morgan fingerprint density at radius 3 is 2.38 bits per heavy atom. The molecule has 110 valence electrons. The van der Waals surface area contributed by atoms with Gasteiger partial charge in [-0.25, -0.2) is 4.98 Å². The summed E-state index contributed by atoms with van der Waals surface area (Å²) in [5, 5.41) is 0.805. The van der Waals surface area contributed by atoms with E-state index in [1.165, 1.54) is 0 Å². The molecule has 1 aromatic heterocycles. The Hall–Kier alpha value is -1.94. The fraction of sp³-hybridized carbons (Fsp3) is 0.312. The molecule has 0 saturated carbocycles. The Labute approximate surface area is 130 Å². The molecule has 2 aromatic rings. The molecular formula is C16H19ClN4. The van der Waals surface area contributed by atoms with E-state index in [0.717, 1.165) is 54.1 Å². The molecule has 1 saturated heterocycles. The monoisotopic (exact) mass is 302 g/mol. The third-order valence-electron chi connectivity index (χ3n) is 3.82. The number of pyridine rings is 1. The smallest absolute Gasteiger partial charge is 0.152 e. The first kappa shape index (κ1) is 14.0. The molecule has 0 aliphatic carbocycles. The van der Waals surface area contributed by atoms with Crippen molar-refractivity contribution in [2.24, 2.45) is 0 Å². The van der Waals surface area contributed by atoms with Crippen LogP contribution in [-0.4, -0.2) is 31.2 Å². The number of nitrogen functional groups attached to an aromatic ring is 1. The molecule has 0 spiro atoms. The van der Waals surface area contributed by atoms with Gasteiger partial charge in [-0.15, -0.1) is 0 Å². The van der Waals surface area contributed by atoms with Crippen LogP contribution in [0.3, 0.4) is 0 Å². The molecule has 2 heterocycles. The van der Waals surface area contributed by atoms with Gasteiger partial charge in [0, 0.05) is 31.9 Å². The molecule has 2 N–H and O–H groups in total. The zero-order valence-electron chi connectivity index (χ0n) is 12.1. The number of hydrogen-bond acceptors (Lipinski definition) is 4. The first-order chi connectivity index (χ1) is 10.1. The Balaban J connectivity index is 1.73. The molecule has 0 unspecified atom stereocenters. The predicted octanol–water partition coefficient (Wildman–Crippen LogP) is 2.95. The molecule has 1 aliphatic heterocycles. The number of benzene rings is 1. The molecule has 0 bridgehead atoms. The molecule has 0 atom stereocenters. The van der Waals surface area contributed by atoms with Gasteiger partial charge in [0.2, 0.25) is 0 Å². The molecule has 4 nitrogen and oxygen atoms in total. The number of para-hydroxylation sites is 1. The summed E-state index contributed by atoms with van der Waals surface area (Å²) in [6, 6.07) is 11.9. The number of aromatic nitrogens is 1. The summed E-state index contributed by atoms with van der Waals surface area (Å²) in [4.78, 5) is 9.12. The second-order valence-electron chi connectivity index (χ2n) is 5.29. The van der Waals surface area contributed by atoms with Crippen LogP contribution in [0, 0.1) is 6.92 Å². The zero-order valence-corrected chi connectivity index (χ0v) is 12.8. The molecular weight excluding hydrogens is 284 g/mol. The van der Waals surface area contributed by atoms with Crippen molar-refractivity contribution < 1.29 is 0 Å². The largest absolute Gasteiger partial charge is 0.396 e. The minimum atomic E-state index is 0.742. The van der Waals surface area contributed by atoms with Gasteiger partial charge in [-0.2, -0.15) is 0 Å². The van der Waals surface area contributed by atoms with Crippen molar-refractivity contribution in [3.63, 3.8) is 0 Å². The van der Waals surface area contributed by atoms with Crippen molar-refractivity contribution in [3.8, 4) is 0 Å². The van der Waals surface area contributed by atoms with Crippen molar-refractivity contribution >= 4 is 28.8 Å². The summed E-state index contributed by atoms with van der Waals surface area (Å²) in [5.74, 6) is 0.897. The maximum atomic E-state index is 6.27. The number of halogens is 1. The highest BCUT2D eigenvalue weighted by Crippen LogP contribution is 2.28. The lowest BCUT2D eigenvalue weighted by Gasteiger charge is -2.37. The van der Waals surface area contributed by atoms with E-state index in [0.29, 0.717) is 0 Å². The maximum absolute atomic E-state index is 6.27. The molecule has 3 rings (SSSR count). The first-order valence-corrected chi connectivity index (χ1v) is 7.50. The number of rotatable bonds is 2. The topological polar surface area (TPSA) is 45.4 Å². The number of anilines is 3. The van der Waals surface area contributed by atoms with E-state index < -0.39 is 0 Å². The Bertz CT molecular complexity index is 636. The average Bonchev–Trinajstić information content (AvgIpc) is 2.50. The zero-order chi connectivity index (χ0) is 14.8. The Kier molecular flexibility index (Phi) is 3.88. The third-order valence-corrected chi connectivity index (χ3v) is 4.14. The van der Waals surface area contributed by atoms with Crippen LogP contribution < -0.4 is 15.5 Å². The first-order valence-electron chi connectivity index (χ1n) is 7.13.